The highest BCUT2D eigenvalue weighted by Crippen LogP contribution is 2.24. The van der Waals surface area contributed by atoms with Crippen LogP contribution in [0, 0.1) is 24.0 Å². The van der Waals surface area contributed by atoms with Crippen LogP contribution < -0.4 is 5.32 Å². The number of para-hydroxylation sites is 3. The van der Waals surface area contributed by atoms with Crippen LogP contribution in [0.2, 0.25) is 0 Å². The smallest absolute Gasteiger partial charge is 0.292 e. The topological polar surface area (TPSA) is 93.3 Å². The number of nitrogens with zero attached hydrogens (tertiary/aromatic N) is 4. The van der Waals surface area contributed by atoms with Crippen molar-refractivity contribution in [2.75, 3.05) is 12.4 Å². The van der Waals surface area contributed by atoms with E-state index in [4.69, 9.17) is 0 Å². The summed E-state index contributed by atoms with van der Waals surface area (Å²) in [6.07, 6.45) is 0. The standard InChI is InChI=1S/C22H25N5O3/c1-15-19(16(2)26(24-15)18-10-6-5-7-11-18)14-25(4)17(3)22(28)23-20-12-8-9-13-21(20)27(29)30/h5-13,17H,14H2,1-4H3,(H,23,28)/t17-/m1/s1. The maximum Gasteiger partial charge on any atom is 0.292 e. The summed E-state index contributed by atoms with van der Waals surface area (Å²) >= 11 is 0. The van der Waals surface area contributed by atoms with Crippen molar-refractivity contribution >= 4 is 17.3 Å². The molecule has 3 aromatic rings. The lowest BCUT2D eigenvalue weighted by molar-refractivity contribution is -0.383. The van der Waals surface area contributed by atoms with Crippen molar-refractivity contribution < 1.29 is 9.72 Å². The molecule has 0 aliphatic carbocycles. The Morgan fingerprint density at radius 3 is 2.47 bits per heavy atom. The Morgan fingerprint density at radius 2 is 1.80 bits per heavy atom. The first-order chi connectivity index (χ1) is 14.3. The summed E-state index contributed by atoms with van der Waals surface area (Å²) in [4.78, 5) is 25.3. The van der Waals surface area contributed by atoms with Gasteiger partial charge in [0.1, 0.15) is 5.69 Å². The van der Waals surface area contributed by atoms with Gasteiger partial charge in [0.15, 0.2) is 0 Å². The first-order valence-corrected chi connectivity index (χ1v) is 9.64. The predicted molar refractivity (Wildman–Crippen MR) is 116 cm³/mol. The molecule has 0 unspecified atom stereocenters. The quantitative estimate of drug-likeness (QED) is 0.474. The number of aromatic nitrogens is 2. The Morgan fingerprint density at radius 1 is 1.17 bits per heavy atom. The fourth-order valence-corrected chi connectivity index (χ4v) is 3.29. The Kier molecular flexibility index (Phi) is 6.27. The van der Waals surface area contributed by atoms with E-state index in [1.54, 1.807) is 19.1 Å². The normalized spacial score (nSPS) is 12.0. The van der Waals surface area contributed by atoms with Gasteiger partial charge < -0.3 is 5.32 Å². The van der Waals surface area contributed by atoms with Crippen LogP contribution in [0.5, 0.6) is 0 Å². The third-order valence-corrected chi connectivity index (χ3v) is 5.25. The summed E-state index contributed by atoms with van der Waals surface area (Å²) in [6, 6.07) is 15.5. The highest BCUT2D eigenvalue weighted by Gasteiger charge is 2.23. The lowest BCUT2D eigenvalue weighted by atomic mass is 10.1. The molecule has 1 heterocycles. The van der Waals surface area contributed by atoms with Gasteiger partial charge in [0.2, 0.25) is 5.91 Å². The lowest BCUT2D eigenvalue weighted by Gasteiger charge is -2.24. The maximum absolute atomic E-state index is 12.7. The highest BCUT2D eigenvalue weighted by molar-refractivity contribution is 5.96. The van der Waals surface area contributed by atoms with Crippen LogP contribution in [0.4, 0.5) is 11.4 Å². The van der Waals surface area contributed by atoms with E-state index in [1.807, 2.05) is 60.8 Å². The average Bonchev–Trinajstić information content (AvgIpc) is 3.02. The molecule has 1 aromatic heterocycles. The molecule has 0 fully saturated rings. The molecule has 8 heteroatoms. The molecule has 0 saturated carbocycles. The van der Waals surface area contributed by atoms with Crippen LogP contribution in [0.25, 0.3) is 5.69 Å². The summed E-state index contributed by atoms with van der Waals surface area (Å²) < 4.78 is 1.90. The number of nitrogens with one attached hydrogen (secondary N) is 1. The van der Waals surface area contributed by atoms with Crippen LogP contribution >= 0.6 is 0 Å². The summed E-state index contributed by atoms with van der Waals surface area (Å²) in [5.74, 6) is -0.308. The van der Waals surface area contributed by atoms with Crippen LogP contribution in [-0.4, -0.2) is 38.6 Å². The number of hydrogen-bond acceptors (Lipinski definition) is 5. The van der Waals surface area contributed by atoms with E-state index in [0.717, 1.165) is 22.6 Å². The molecular formula is C22H25N5O3. The van der Waals surface area contributed by atoms with Gasteiger partial charge in [0.05, 0.1) is 22.3 Å². The van der Waals surface area contributed by atoms with E-state index in [0.29, 0.717) is 6.54 Å². The molecule has 1 N–H and O–H groups in total. The van der Waals surface area contributed by atoms with Crippen molar-refractivity contribution in [3.8, 4) is 5.69 Å². The predicted octanol–water partition coefficient (Wildman–Crippen LogP) is 3.86. The van der Waals surface area contributed by atoms with Crippen molar-refractivity contribution in [2.24, 2.45) is 0 Å². The molecule has 0 radical (unpaired) electrons. The largest absolute Gasteiger partial charge is 0.319 e. The Bertz CT molecular complexity index is 1060. The van der Waals surface area contributed by atoms with E-state index in [2.05, 4.69) is 10.4 Å². The SMILES string of the molecule is Cc1nn(-c2ccccc2)c(C)c1CN(C)[C@H](C)C(=O)Nc1ccccc1[N+](=O)[O-]. The minimum absolute atomic E-state index is 0.128. The number of rotatable bonds is 7. The van der Waals surface area contributed by atoms with Gasteiger partial charge in [-0.1, -0.05) is 30.3 Å². The zero-order chi connectivity index (χ0) is 21.8. The Hall–Kier alpha value is -3.52. The van der Waals surface area contributed by atoms with Crippen molar-refractivity contribution in [3.05, 3.63) is 81.7 Å². The zero-order valence-corrected chi connectivity index (χ0v) is 17.5. The molecule has 0 bridgehead atoms. The molecule has 2 aromatic carbocycles. The molecule has 3 rings (SSSR count). The Balaban J connectivity index is 1.75. The van der Waals surface area contributed by atoms with E-state index in [1.165, 1.54) is 12.1 Å². The van der Waals surface area contributed by atoms with E-state index in [9.17, 15) is 14.9 Å². The Labute approximate surface area is 175 Å². The van der Waals surface area contributed by atoms with Crippen molar-refractivity contribution in [1.29, 1.82) is 0 Å². The number of nitro benzene ring substituents is 1. The number of hydrogen-bond donors (Lipinski definition) is 1. The van der Waals surface area contributed by atoms with Crippen LogP contribution in [0.1, 0.15) is 23.9 Å². The fraction of sp³-hybridized carbons (Fsp3) is 0.273. The summed E-state index contributed by atoms with van der Waals surface area (Å²) in [7, 11) is 1.85. The number of nitro groups is 1. The molecule has 0 saturated heterocycles. The second-order valence-electron chi connectivity index (χ2n) is 7.25. The molecule has 1 amide bonds. The monoisotopic (exact) mass is 407 g/mol. The van der Waals surface area contributed by atoms with E-state index in [-0.39, 0.29) is 17.3 Å². The van der Waals surface area contributed by atoms with Crippen molar-refractivity contribution in [1.82, 2.24) is 14.7 Å². The molecule has 30 heavy (non-hydrogen) atoms. The van der Waals surface area contributed by atoms with Gasteiger partial charge in [-0.25, -0.2) is 4.68 Å². The number of carbonyl (C=O) groups excluding carboxylic acids is 1. The molecule has 1 atom stereocenters. The maximum atomic E-state index is 12.7. The number of aryl methyl sites for hydroxylation is 1. The van der Waals surface area contributed by atoms with E-state index < -0.39 is 11.0 Å². The van der Waals surface area contributed by atoms with Gasteiger partial charge in [-0.15, -0.1) is 0 Å². The number of amides is 1. The van der Waals surface area contributed by atoms with Gasteiger partial charge in [-0.3, -0.25) is 19.8 Å². The highest BCUT2D eigenvalue weighted by atomic mass is 16.6. The molecule has 0 spiro atoms. The molecule has 8 nitrogen and oxygen atoms in total. The second kappa shape index (κ2) is 8.87. The van der Waals surface area contributed by atoms with Crippen LogP contribution in [-0.2, 0) is 11.3 Å². The van der Waals surface area contributed by atoms with E-state index >= 15 is 0 Å². The zero-order valence-electron chi connectivity index (χ0n) is 17.5. The minimum Gasteiger partial charge on any atom is -0.319 e. The third kappa shape index (κ3) is 4.38. The van der Waals surface area contributed by atoms with Crippen molar-refractivity contribution in [2.45, 2.75) is 33.4 Å². The van der Waals surface area contributed by atoms with Gasteiger partial charge in [0, 0.05) is 23.9 Å². The molecular weight excluding hydrogens is 382 g/mol. The average molecular weight is 407 g/mol. The number of likely N-dealkylation sites (N-methyl/N-ethyl adjacent to an activating group) is 1. The van der Waals surface area contributed by atoms with Crippen LogP contribution in [0.3, 0.4) is 0 Å². The first kappa shape index (κ1) is 21.2. The third-order valence-electron chi connectivity index (χ3n) is 5.25. The van der Waals surface area contributed by atoms with Crippen molar-refractivity contribution in [3.63, 3.8) is 0 Å². The summed E-state index contributed by atoms with van der Waals surface area (Å²) in [6.45, 7) is 6.26. The number of anilines is 1. The molecule has 0 aliphatic rings. The second-order valence-corrected chi connectivity index (χ2v) is 7.25. The van der Waals surface area contributed by atoms with Gasteiger partial charge in [0.25, 0.3) is 5.69 Å². The van der Waals surface area contributed by atoms with Gasteiger partial charge in [-0.2, -0.15) is 5.10 Å². The number of benzene rings is 2. The number of carbonyl (C=O) groups is 1. The van der Waals surface area contributed by atoms with Gasteiger partial charge >= 0.3 is 0 Å². The lowest BCUT2D eigenvalue weighted by Crippen LogP contribution is -2.39. The summed E-state index contributed by atoms with van der Waals surface area (Å²) in [5.41, 5.74) is 4.00. The fourth-order valence-electron chi connectivity index (χ4n) is 3.29. The minimum atomic E-state index is -0.505. The molecule has 0 aliphatic heterocycles. The molecule has 156 valence electrons. The summed E-state index contributed by atoms with van der Waals surface area (Å²) in [5, 5.41) is 18.5. The van der Waals surface area contributed by atoms with Gasteiger partial charge in [-0.05, 0) is 46.0 Å². The van der Waals surface area contributed by atoms with Crippen LogP contribution in [0.15, 0.2) is 54.6 Å². The first-order valence-electron chi connectivity index (χ1n) is 9.64.